The summed E-state index contributed by atoms with van der Waals surface area (Å²) < 4.78 is 14.7. The summed E-state index contributed by atoms with van der Waals surface area (Å²) in [6.45, 7) is 0. The van der Waals surface area contributed by atoms with E-state index in [-0.39, 0.29) is 5.82 Å². The van der Waals surface area contributed by atoms with Crippen LogP contribution >= 0.6 is 0 Å². The third-order valence-electron chi connectivity index (χ3n) is 3.49. The molecule has 112 valence electrons. The fourth-order valence-corrected chi connectivity index (χ4v) is 2.39. The van der Waals surface area contributed by atoms with Crippen LogP contribution in [0.5, 0.6) is 0 Å². The smallest absolute Gasteiger partial charge is 0.268 e. The van der Waals surface area contributed by atoms with Crippen molar-refractivity contribution in [2.75, 3.05) is 0 Å². The van der Waals surface area contributed by atoms with Gasteiger partial charge in [0.25, 0.3) is 5.91 Å². The number of hydrogen-bond acceptors (Lipinski definition) is 3. The number of hydrogen-bond donors (Lipinski definition) is 2. The molecule has 1 unspecified atom stereocenters. The fraction of sp³-hybridized carbons (Fsp3) is 0.125. The van der Waals surface area contributed by atoms with Crippen LogP contribution in [0, 0.1) is 5.82 Å². The van der Waals surface area contributed by atoms with Crippen molar-refractivity contribution < 1.29 is 14.4 Å². The van der Waals surface area contributed by atoms with Gasteiger partial charge in [0.1, 0.15) is 11.9 Å². The zero-order valence-corrected chi connectivity index (χ0v) is 11.6. The zero-order chi connectivity index (χ0) is 15.5. The molecule has 0 spiro atoms. The van der Waals surface area contributed by atoms with Gasteiger partial charge in [-0.05, 0) is 23.8 Å². The summed E-state index contributed by atoms with van der Waals surface area (Å²) in [6, 6.07) is 12.9. The first-order valence-electron chi connectivity index (χ1n) is 6.79. The standard InChI is InChI=1S/C16H14FN3O2/c17-13-6-7-14-12(9-13)10-20(18-14)15(16(21)19-22)8-11-4-2-1-3-5-11/h1-7,9-10,15,22H,8H2,(H,19,21). The Hall–Kier alpha value is -2.73. The third-order valence-corrected chi connectivity index (χ3v) is 3.49. The van der Waals surface area contributed by atoms with Gasteiger partial charge in [0.15, 0.2) is 0 Å². The number of fused-ring (bicyclic) bond motifs is 1. The summed E-state index contributed by atoms with van der Waals surface area (Å²) >= 11 is 0. The van der Waals surface area contributed by atoms with Crippen LogP contribution in [0.4, 0.5) is 4.39 Å². The average Bonchev–Trinajstić information content (AvgIpc) is 2.95. The first-order chi connectivity index (χ1) is 10.7. The molecule has 1 aromatic heterocycles. The average molecular weight is 299 g/mol. The molecule has 1 amide bonds. The molecule has 22 heavy (non-hydrogen) atoms. The number of aromatic nitrogens is 2. The van der Waals surface area contributed by atoms with E-state index in [1.807, 2.05) is 30.3 Å². The van der Waals surface area contributed by atoms with E-state index in [0.717, 1.165) is 5.56 Å². The second kappa shape index (κ2) is 5.95. The lowest BCUT2D eigenvalue weighted by Gasteiger charge is -2.15. The first-order valence-corrected chi connectivity index (χ1v) is 6.79. The van der Waals surface area contributed by atoms with Crippen LogP contribution in [0.1, 0.15) is 11.6 Å². The molecule has 3 rings (SSSR count). The highest BCUT2D eigenvalue weighted by molar-refractivity contribution is 5.82. The molecule has 0 fully saturated rings. The van der Waals surface area contributed by atoms with Gasteiger partial charge in [-0.25, -0.2) is 9.87 Å². The Morgan fingerprint density at radius 2 is 2.05 bits per heavy atom. The van der Waals surface area contributed by atoms with E-state index in [2.05, 4.69) is 5.10 Å². The zero-order valence-electron chi connectivity index (χ0n) is 11.6. The van der Waals surface area contributed by atoms with E-state index >= 15 is 0 Å². The lowest BCUT2D eigenvalue weighted by atomic mass is 10.1. The molecule has 5 nitrogen and oxygen atoms in total. The molecular formula is C16H14FN3O2. The molecule has 1 atom stereocenters. The molecule has 0 aliphatic carbocycles. The minimum Gasteiger partial charge on any atom is -0.289 e. The van der Waals surface area contributed by atoms with Gasteiger partial charge in [0.2, 0.25) is 0 Å². The maximum absolute atomic E-state index is 13.3. The Morgan fingerprint density at radius 3 is 2.77 bits per heavy atom. The summed E-state index contributed by atoms with van der Waals surface area (Å²) in [6.07, 6.45) is 1.96. The van der Waals surface area contributed by atoms with Gasteiger partial charge in [0.05, 0.1) is 5.52 Å². The Bertz CT molecular complexity index is 802. The molecule has 1 heterocycles. The molecule has 0 aliphatic heterocycles. The maximum Gasteiger partial charge on any atom is 0.268 e. The van der Waals surface area contributed by atoms with Crippen LogP contribution in [-0.2, 0) is 11.2 Å². The minimum atomic E-state index is -0.720. The fourth-order valence-electron chi connectivity index (χ4n) is 2.39. The maximum atomic E-state index is 13.3. The molecular weight excluding hydrogens is 285 g/mol. The monoisotopic (exact) mass is 299 g/mol. The predicted molar refractivity (Wildman–Crippen MR) is 78.8 cm³/mol. The topological polar surface area (TPSA) is 67.2 Å². The molecule has 0 saturated heterocycles. The van der Waals surface area contributed by atoms with Gasteiger partial charge in [-0.3, -0.25) is 14.7 Å². The summed E-state index contributed by atoms with van der Waals surface area (Å²) in [4.78, 5) is 12.0. The summed E-state index contributed by atoms with van der Waals surface area (Å²) in [7, 11) is 0. The van der Waals surface area contributed by atoms with Gasteiger partial charge in [-0.1, -0.05) is 30.3 Å². The Morgan fingerprint density at radius 1 is 1.27 bits per heavy atom. The number of carbonyl (C=O) groups is 1. The number of rotatable bonds is 4. The highest BCUT2D eigenvalue weighted by Crippen LogP contribution is 2.19. The number of nitrogens with one attached hydrogen (secondary N) is 1. The molecule has 0 bridgehead atoms. The lowest BCUT2D eigenvalue weighted by Crippen LogP contribution is -2.32. The normalized spacial score (nSPS) is 12.3. The predicted octanol–water partition coefficient (Wildman–Crippen LogP) is 2.46. The second-order valence-electron chi connectivity index (χ2n) is 4.99. The van der Waals surface area contributed by atoms with Crippen LogP contribution in [0.3, 0.4) is 0 Å². The van der Waals surface area contributed by atoms with Crippen LogP contribution in [0.2, 0.25) is 0 Å². The molecule has 0 aliphatic rings. The van der Waals surface area contributed by atoms with Gasteiger partial charge in [-0.15, -0.1) is 0 Å². The van der Waals surface area contributed by atoms with Crippen molar-refractivity contribution in [3.05, 3.63) is 66.1 Å². The molecule has 3 aromatic rings. The molecule has 2 aromatic carbocycles. The van der Waals surface area contributed by atoms with Crippen molar-refractivity contribution in [1.82, 2.24) is 15.3 Å². The van der Waals surface area contributed by atoms with Crippen molar-refractivity contribution in [3.63, 3.8) is 0 Å². The SMILES string of the molecule is O=C(NO)C(Cc1ccccc1)n1cc2cc(F)ccc2n1. The van der Waals surface area contributed by atoms with Gasteiger partial charge in [0, 0.05) is 18.0 Å². The van der Waals surface area contributed by atoms with Crippen LogP contribution in [0.15, 0.2) is 54.7 Å². The van der Waals surface area contributed by atoms with Crippen LogP contribution in [-0.4, -0.2) is 20.9 Å². The quantitative estimate of drug-likeness (QED) is 0.574. The number of amides is 1. The molecule has 6 heteroatoms. The second-order valence-corrected chi connectivity index (χ2v) is 4.99. The number of hydroxylamine groups is 1. The third kappa shape index (κ3) is 2.82. The summed E-state index contributed by atoms with van der Waals surface area (Å²) in [5.74, 6) is -0.935. The van der Waals surface area contributed by atoms with Crippen molar-refractivity contribution in [2.24, 2.45) is 0 Å². The number of nitrogens with zero attached hydrogens (tertiary/aromatic N) is 2. The van der Waals surface area contributed by atoms with E-state index in [0.29, 0.717) is 17.3 Å². The number of carbonyl (C=O) groups excluding carboxylic acids is 1. The van der Waals surface area contributed by atoms with E-state index in [1.54, 1.807) is 17.7 Å². The Labute approximate surface area is 125 Å². The van der Waals surface area contributed by atoms with E-state index in [1.165, 1.54) is 16.8 Å². The van der Waals surface area contributed by atoms with E-state index in [9.17, 15) is 9.18 Å². The van der Waals surface area contributed by atoms with Crippen LogP contribution in [0.25, 0.3) is 10.9 Å². The van der Waals surface area contributed by atoms with Crippen molar-refractivity contribution in [2.45, 2.75) is 12.5 Å². The Kier molecular flexibility index (Phi) is 3.84. The van der Waals surface area contributed by atoms with Crippen molar-refractivity contribution in [1.29, 1.82) is 0 Å². The minimum absolute atomic E-state index is 0.363. The first kappa shape index (κ1) is 14.2. The lowest BCUT2D eigenvalue weighted by molar-refractivity contribution is -0.132. The van der Waals surface area contributed by atoms with E-state index < -0.39 is 11.9 Å². The van der Waals surface area contributed by atoms with Gasteiger partial charge in [-0.2, -0.15) is 5.10 Å². The summed E-state index contributed by atoms with van der Waals surface area (Å²) in [5, 5.41) is 13.9. The highest BCUT2D eigenvalue weighted by Gasteiger charge is 2.22. The number of halogens is 1. The van der Waals surface area contributed by atoms with Crippen molar-refractivity contribution in [3.8, 4) is 0 Å². The van der Waals surface area contributed by atoms with Gasteiger partial charge < -0.3 is 0 Å². The summed E-state index contributed by atoms with van der Waals surface area (Å²) in [5.41, 5.74) is 3.19. The number of benzene rings is 2. The highest BCUT2D eigenvalue weighted by atomic mass is 19.1. The van der Waals surface area contributed by atoms with Crippen LogP contribution < -0.4 is 5.48 Å². The van der Waals surface area contributed by atoms with Gasteiger partial charge >= 0.3 is 0 Å². The molecule has 2 N–H and O–H groups in total. The largest absolute Gasteiger partial charge is 0.289 e. The molecule has 0 radical (unpaired) electrons. The Balaban J connectivity index is 1.98. The van der Waals surface area contributed by atoms with E-state index in [4.69, 9.17) is 5.21 Å². The van der Waals surface area contributed by atoms with Crippen molar-refractivity contribution >= 4 is 16.8 Å². The molecule has 0 saturated carbocycles.